The van der Waals surface area contributed by atoms with Gasteiger partial charge in [-0.1, -0.05) is 11.6 Å². The summed E-state index contributed by atoms with van der Waals surface area (Å²) in [5, 5.41) is 0.696. The van der Waals surface area contributed by atoms with Crippen LogP contribution in [0.2, 0.25) is 5.02 Å². The monoisotopic (exact) mass is 230 g/mol. The van der Waals surface area contributed by atoms with Gasteiger partial charge in [-0.15, -0.1) is 0 Å². The maximum atomic E-state index is 5.82. The molecule has 0 aliphatic rings. The Bertz CT molecular complexity index is 598. The zero-order valence-electron chi connectivity index (χ0n) is 8.22. The average Bonchev–Trinajstić information content (AvgIpc) is 2.73. The number of halogens is 1. The van der Waals surface area contributed by atoms with Crippen LogP contribution >= 0.6 is 11.6 Å². The number of aromatic nitrogens is 2. The van der Waals surface area contributed by atoms with Crippen molar-refractivity contribution in [2.45, 2.75) is 0 Å². The number of nitrogens with zero attached hydrogens (tertiary/aromatic N) is 2. The van der Waals surface area contributed by atoms with Crippen molar-refractivity contribution in [2.75, 3.05) is 0 Å². The second-order valence-corrected chi connectivity index (χ2v) is 3.81. The first kappa shape index (κ1) is 9.36. The van der Waals surface area contributed by atoms with Crippen molar-refractivity contribution in [3.05, 3.63) is 47.7 Å². The number of benzene rings is 1. The molecule has 78 valence electrons. The highest BCUT2D eigenvalue weighted by atomic mass is 35.5. The number of pyridine rings is 1. The SMILES string of the molecule is Clc1ccc(-c2nc3cnccc3o2)cc1. The lowest BCUT2D eigenvalue weighted by Gasteiger charge is -1.93. The minimum Gasteiger partial charge on any atom is -0.436 e. The highest BCUT2D eigenvalue weighted by molar-refractivity contribution is 6.30. The van der Waals surface area contributed by atoms with E-state index in [1.807, 2.05) is 24.3 Å². The molecule has 2 aromatic heterocycles. The largest absolute Gasteiger partial charge is 0.436 e. The van der Waals surface area contributed by atoms with Gasteiger partial charge >= 0.3 is 0 Å². The topological polar surface area (TPSA) is 38.9 Å². The summed E-state index contributed by atoms with van der Waals surface area (Å²) in [7, 11) is 0. The summed E-state index contributed by atoms with van der Waals surface area (Å²) >= 11 is 5.82. The Labute approximate surface area is 96.7 Å². The molecule has 1 aromatic carbocycles. The number of oxazole rings is 1. The summed E-state index contributed by atoms with van der Waals surface area (Å²) in [5.74, 6) is 0.583. The lowest BCUT2D eigenvalue weighted by molar-refractivity contribution is 0.619. The number of hydrogen-bond acceptors (Lipinski definition) is 3. The number of hydrogen-bond donors (Lipinski definition) is 0. The molecule has 0 fully saturated rings. The Hall–Kier alpha value is -1.87. The summed E-state index contributed by atoms with van der Waals surface area (Å²) in [6, 6.07) is 9.16. The molecule has 0 unspecified atom stereocenters. The van der Waals surface area contributed by atoms with Crippen LogP contribution in [0.3, 0.4) is 0 Å². The van der Waals surface area contributed by atoms with Gasteiger partial charge in [0.15, 0.2) is 5.58 Å². The van der Waals surface area contributed by atoms with Crippen molar-refractivity contribution in [1.29, 1.82) is 0 Å². The van der Waals surface area contributed by atoms with Gasteiger partial charge in [-0.05, 0) is 24.3 Å². The first-order valence-corrected chi connectivity index (χ1v) is 5.17. The van der Waals surface area contributed by atoms with Crippen LogP contribution in [0.5, 0.6) is 0 Å². The second-order valence-electron chi connectivity index (χ2n) is 3.37. The van der Waals surface area contributed by atoms with Gasteiger partial charge in [-0.2, -0.15) is 0 Å². The molecule has 3 nitrogen and oxygen atoms in total. The van der Waals surface area contributed by atoms with Crippen molar-refractivity contribution in [2.24, 2.45) is 0 Å². The van der Waals surface area contributed by atoms with Crippen molar-refractivity contribution in [3.8, 4) is 11.5 Å². The predicted octanol–water partition coefficient (Wildman–Crippen LogP) is 3.54. The minimum absolute atomic E-state index is 0.583. The van der Waals surface area contributed by atoms with E-state index < -0.39 is 0 Å². The van der Waals surface area contributed by atoms with Gasteiger partial charge in [0.2, 0.25) is 5.89 Å². The predicted molar refractivity (Wildman–Crippen MR) is 62.3 cm³/mol. The fraction of sp³-hybridized carbons (Fsp3) is 0. The van der Waals surface area contributed by atoms with E-state index in [0.29, 0.717) is 10.9 Å². The van der Waals surface area contributed by atoms with Crippen LogP contribution in [-0.2, 0) is 0 Å². The van der Waals surface area contributed by atoms with E-state index in [0.717, 1.165) is 16.7 Å². The van der Waals surface area contributed by atoms with E-state index in [2.05, 4.69) is 9.97 Å². The number of rotatable bonds is 1. The molecule has 0 radical (unpaired) electrons. The van der Waals surface area contributed by atoms with Crippen LogP contribution in [-0.4, -0.2) is 9.97 Å². The molecular weight excluding hydrogens is 224 g/mol. The van der Waals surface area contributed by atoms with E-state index in [4.69, 9.17) is 16.0 Å². The van der Waals surface area contributed by atoms with Crippen LogP contribution in [0.25, 0.3) is 22.6 Å². The molecule has 0 spiro atoms. The van der Waals surface area contributed by atoms with Gasteiger partial charge in [0.05, 0.1) is 6.20 Å². The molecule has 0 saturated heterocycles. The highest BCUT2D eigenvalue weighted by Crippen LogP contribution is 2.24. The minimum atomic E-state index is 0.583. The normalized spacial score (nSPS) is 10.8. The first-order valence-electron chi connectivity index (χ1n) is 4.79. The van der Waals surface area contributed by atoms with Gasteiger partial charge in [0.1, 0.15) is 5.52 Å². The Morgan fingerprint density at radius 2 is 1.88 bits per heavy atom. The highest BCUT2D eigenvalue weighted by Gasteiger charge is 2.07. The molecule has 0 bridgehead atoms. The van der Waals surface area contributed by atoms with E-state index in [9.17, 15) is 0 Å². The molecule has 4 heteroatoms. The zero-order chi connectivity index (χ0) is 11.0. The molecule has 0 atom stereocenters. The van der Waals surface area contributed by atoms with Crippen molar-refractivity contribution >= 4 is 22.7 Å². The Morgan fingerprint density at radius 1 is 1.06 bits per heavy atom. The first-order chi connectivity index (χ1) is 7.83. The molecule has 3 rings (SSSR count). The summed E-state index contributed by atoms with van der Waals surface area (Å²) in [4.78, 5) is 8.33. The fourth-order valence-corrected chi connectivity index (χ4v) is 1.62. The third-order valence-corrected chi connectivity index (χ3v) is 2.53. The van der Waals surface area contributed by atoms with E-state index in [1.54, 1.807) is 18.5 Å². The van der Waals surface area contributed by atoms with E-state index >= 15 is 0 Å². The zero-order valence-corrected chi connectivity index (χ0v) is 8.98. The quantitative estimate of drug-likeness (QED) is 0.642. The molecular formula is C12H7ClN2O. The average molecular weight is 231 g/mol. The molecule has 0 amide bonds. The van der Waals surface area contributed by atoms with Crippen LogP contribution in [0.4, 0.5) is 0 Å². The fourth-order valence-electron chi connectivity index (χ4n) is 1.50. The molecule has 0 aliphatic heterocycles. The summed E-state index contributed by atoms with van der Waals surface area (Å²) in [6.45, 7) is 0. The van der Waals surface area contributed by atoms with Crippen LogP contribution in [0.15, 0.2) is 47.1 Å². The van der Waals surface area contributed by atoms with E-state index in [1.165, 1.54) is 0 Å². The standard InChI is InChI=1S/C12H7ClN2O/c13-9-3-1-8(2-4-9)12-15-10-7-14-6-5-11(10)16-12/h1-7H. The van der Waals surface area contributed by atoms with Gasteiger partial charge in [-0.3, -0.25) is 4.98 Å². The van der Waals surface area contributed by atoms with Gasteiger partial charge in [-0.25, -0.2) is 4.98 Å². The molecule has 0 N–H and O–H groups in total. The molecule has 3 aromatic rings. The van der Waals surface area contributed by atoms with Crippen LogP contribution < -0.4 is 0 Å². The maximum Gasteiger partial charge on any atom is 0.227 e. The second kappa shape index (κ2) is 3.61. The molecule has 2 heterocycles. The maximum absolute atomic E-state index is 5.82. The summed E-state index contributed by atoms with van der Waals surface area (Å²) in [6.07, 6.45) is 3.36. The Balaban J connectivity index is 2.15. The van der Waals surface area contributed by atoms with Gasteiger partial charge < -0.3 is 4.42 Å². The third kappa shape index (κ3) is 1.55. The molecule has 0 saturated carbocycles. The number of fused-ring (bicyclic) bond motifs is 1. The summed E-state index contributed by atoms with van der Waals surface area (Å²) < 4.78 is 5.60. The lowest BCUT2D eigenvalue weighted by atomic mass is 10.2. The van der Waals surface area contributed by atoms with Crippen molar-refractivity contribution in [3.63, 3.8) is 0 Å². The molecule has 16 heavy (non-hydrogen) atoms. The van der Waals surface area contributed by atoms with Gasteiger partial charge in [0, 0.05) is 22.8 Å². The van der Waals surface area contributed by atoms with Crippen molar-refractivity contribution in [1.82, 2.24) is 9.97 Å². The van der Waals surface area contributed by atoms with Crippen molar-refractivity contribution < 1.29 is 4.42 Å². The Morgan fingerprint density at radius 3 is 2.62 bits per heavy atom. The Kier molecular flexibility index (Phi) is 2.11. The van der Waals surface area contributed by atoms with Crippen LogP contribution in [0.1, 0.15) is 0 Å². The van der Waals surface area contributed by atoms with E-state index in [-0.39, 0.29) is 0 Å². The smallest absolute Gasteiger partial charge is 0.227 e. The van der Waals surface area contributed by atoms with Crippen LogP contribution in [0, 0.1) is 0 Å². The third-order valence-electron chi connectivity index (χ3n) is 2.28. The summed E-state index contributed by atoms with van der Waals surface area (Å²) in [5.41, 5.74) is 2.40. The molecule has 0 aliphatic carbocycles. The lowest BCUT2D eigenvalue weighted by Crippen LogP contribution is -1.76. The van der Waals surface area contributed by atoms with Gasteiger partial charge in [0.25, 0.3) is 0 Å².